The lowest BCUT2D eigenvalue weighted by atomic mass is 10.1. The van der Waals surface area contributed by atoms with E-state index in [-0.39, 0.29) is 12.5 Å². The molecule has 1 aliphatic heterocycles. The number of hydrogen-bond donors (Lipinski definition) is 1. The molecule has 1 heterocycles. The molecule has 1 unspecified atom stereocenters. The molecular formula is C15H22N2O2. The molecule has 0 aliphatic carbocycles. The average molecular weight is 262 g/mol. The van der Waals surface area contributed by atoms with E-state index in [2.05, 4.69) is 36.1 Å². The normalized spacial score (nSPS) is 21.5. The van der Waals surface area contributed by atoms with Crippen LogP contribution in [0.5, 0.6) is 0 Å². The summed E-state index contributed by atoms with van der Waals surface area (Å²) in [4.78, 5) is 16.0. The third kappa shape index (κ3) is 3.33. The minimum absolute atomic E-state index is 0.0205. The van der Waals surface area contributed by atoms with Crippen LogP contribution < -0.4 is 0 Å². The van der Waals surface area contributed by atoms with Gasteiger partial charge < -0.3 is 10.0 Å². The van der Waals surface area contributed by atoms with Gasteiger partial charge >= 0.3 is 0 Å². The van der Waals surface area contributed by atoms with Crippen LogP contribution in [0, 0.1) is 6.92 Å². The Bertz CT molecular complexity index is 430. The molecule has 1 fully saturated rings. The smallest absolute Gasteiger partial charge is 0.242 e. The number of aliphatic hydroxyl groups excluding tert-OH is 1. The zero-order valence-corrected chi connectivity index (χ0v) is 11.7. The summed E-state index contributed by atoms with van der Waals surface area (Å²) in [6, 6.07) is 7.92. The van der Waals surface area contributed by atoms with E-state index >= 15 is 0 Å². The molecule has 19 heavy (non-hydrogen) atoms. The van der Waals surface area contributed by atoms with Crippen molar-refractivity contribution >= 4 is 5.91 Å². The number of carbonyl (C=O) groups excluding carboxylic acids is 1. The molecule has 1 atom stereocenters. The van der Waals surface area contributed by atoms with E-state index in [1.54, 1.807) is 11.9 Å². The third-order valence-corrected chi connectivity index (χ3v) is 3.72. The van der Waals surface area contributed by atoms with E-state index in [0.29, 0.717) is 6.54 Å². The highest BCUT2D eigenvalue weighted by atomic mass is 16.3. The lowest BCUT2D eigenvalue weighted by Gasteiger charge is -2.28. The van der Waals surface area contributed by atoms with Crippen LogP contribution in [0.1, 0.15) is 17.5 Å². The topological polar surface area (TPSA) is 43.8 Å². The number of likely N-dealkylation sites (N-methyl/N-ethyl adjacent to an activating group) is 1. The molecule has 1 amide bonds. The van der Waals surface area contributed by atoms with Crippen LogP contribution in [0.25, 0.3) is 0 Å². The number of amides is 1. The Morgan fingerprint density at radius 2 is 1.95 bits per heavy atom. The van der Waals surface area contributed by atoms with Crippen molar-refractivity contribution in [1.29, 1.82) is 0 Å². The van der Waals surface area contributed by atoms with Crippen LogP contribution in [0.3, 0.4) is 0 Å². The molecule has 1 aliphatic rings. The first-order valence-corrected chi connectivity index (χ1v) is 6.77. The summed E-state index contributed by atoms with van der Waals surface area (Å²) < 4.78 is 0. The van der Waals surface area contributed by atoms with Gasteiger partial charge in [0.2, 0.25) is 5.91 Å². The van der Waals surface area contributed by atoms with E-state index in [1.165, 1.54) is 11.1 Å². The molecule has 1 N–H and O–H groups in total. The Labute approximate surface area is 114 Å². The highest BCUT2D eigenvalue weighted by Crippen LogP contribution is 2.15. The summed E-state index contributed by atoms with van der Waals surface area (Å²) in [5, 5.41) is 9.51. The van der Waals surface area contributed by atoms with Crippen molar-refractivity contribution in [2.24, 2.45) is 0 Å². The SMILES string of the molecule is Cc1ccc(CN2CCCN(C)C(=O)C2CO)cc1. The molecule has 1 aromatic carbocycles. The van der Waals surface area contributed by atoms with Crippen LogP contribution in [0.15, 0.2) is 24.3 Å². The Hall–Kier alpha value is -1.39. The zero-order valence-electron chi connectivity index (χ0n) is 11.7. The Morgan fingerprint density at radius 1 is 1.26 bits per heavy atom. The number of aliphatic hydroxyl groups is 1. The summed E-state index contributed by atoms with van der Waals surface area (Å²) in [6.07, 6.45) is 0.949. The number of aryl methyl sites for hydroxylation is 1. The molecule has 0 aromatic heterocycles. The summed E-state index contributed by atoms with van der Waals surface area (Å²) in [7, 11) is 1.81. The first-order chi connectivity index (χ1) is 9.11. The van der Waals surface area contributed by atoms with Gasteiger partial charge in [-0.1, -0.05) is 29.8 Å². The lowest BCUT2D eigenvalue weighted by molar-refractivity contribution is -0.135. The second-order valence-electron chi connectivity index (χ2n) is 5.27. The van der Waals surface area contributed by atoms with Crippen molar-refractivity contribution in [3.05, 3.63) is 35.4 Å². The minimum atomic E-state index is -0.409. The van der Waals surface area contributed by atoms with Crippen molar-refractivity contribution < 1.29 is 9.90 Å². The van der Waals surface area contributed by atoms with E-state index in [0.717, 1.165) is 19.5 Å². The van der Waals surface area contributed by atoms with Crippen LogP contribution in [0.2, 0.25) is 0 Å². The van der Waals surface area contributed by atoms with Gasteiger partial charge in [-0.3, -0.25) is 9.69 Å². The van der Waals surface area contributed by atoms with E-state index < -0.39 is 6.04 Å². The molecule has 4 heteroatoms. The standard InChI is InChI=1S/C15H22N2O2/c1-12-4-6-13(7-5-12)10-17-9-3-8-16(2)15(19)14(17)11-18/h4-7,14,18H,3,8-11H2,1-2H3. The molecule has 2 rings (SSSR count). The maximum Gasteiger partial charge on any atom is 0.242 e. The second-order valence-corrected chi connectivity index (χ2v) is 5.27. The van der Waals surface area contributed by atoms with Crippen molar-refractivity contribution in [3.63, 3.8) is 0 Å². The average Bonchev–Trinajstić information content (AvgIpc) is 2.53. The molecule has 0 bridgehead atoms. The molecule has 104 valence electrons. The fraction of sp³-hybridized carbons (Fsp3) is 0.533. The Kier molecular flexibility index (Phi) is 4.56. The molecule has 1 aromatic rings. The van der Waals surface area contributed by atoms with Gasteiger partial charge in [-0.05, 0) is 18.9 Å². The quantitative estimate of drug-likeness (QED) is 0.884. The number of carbonyl (C=O) groups is 1. The molecule has 0 saturated carbocycles. The number of benzene rings is 1. The first-order valence-electron chi connectivity index (χ1n) is 6.77. The van der Waals surface area contributed by atoms with Crippen molar-refractivity contribution in [3.8, 4) is 0 Å². The molecule has 1 saturated heterocycles. The lowest BCUT2D eigenvalue weighted by Crippen LogP contribution is -2.46. The summed E-state index contributed by atoms with van der Waals surface area (Å²) in [6.45, 7) is 4.26. The monoisotopic (exact) mass is 262 g/mol. The summed E-state index contributed by atoms with van der Waals surface area (Å²) in [5.74, 6) is 0.0205. The predicted octanol–water partition coefficient (Wildman–Crippen LogP) is 1.02. The predicted molar refractivity (Wildman–Crippen MR) is 74.7 cm³/mol. The highest BCUT2D eigenvalue weighted by Gasteiger charge is 2.30. The van der Waals surface area contributed by atoms with E-state index in [4.69, 9.17) is 0 Å². The van der Waals surface area contributed by atoms with Gasteiger partial charge in [-0.2, -0.15) is 0 Å². The van der Waals surface area contributed by atoms with Crippen LogP contribution >= 0.6 is 0 Å². The van der Waals surface area contributed by atoms with Gasteiger partial charge in [-0.15, -0.1) is 0 Å². The summed E-state index contributed by atoms with van der Waals surface area (Å²) >= 11 is 0. The van der Waals surface area contributed by atoms with Gasteiger partial charge in [-0.25, -0.2) is 0 Å². The largest absolute Gasteiger partial charge is 0.394 e. The van der Waals surface area contributed by atoms with Crippen molar-refractivity contribution in [2.45, 2.75) is 25.9 Å². The third-order valence-electron chi connectivity index (χ3n) is 3.72. The fourth-order valence-electron chi connectivity index (χ4n) is 2.50. The van der Waals surface area contributed by atoms with Gasteiger partial charge in [0.05, 0.1) is 6.61 Å². The Morgan fingerprint density at radius 3 is 2.58 bits per heavy atom. The summed E-state index contributed by atoms with van der Waals surface area (Å²) in [5.41, 5.74) is 2.41. The number of nitrogens with zero attached hydrogens (tertiary/aromatic N) is 2. The van der Waals surface area contributed by atoms with Crippen LogP contribution in [-0.2, 0) is 11.3 Å². The molecule has 0 radical (unpaired) electrons. The molecule has 4 nitrogen and oxygen atoms in total. The first kappa shape index (κ1) is 14.0. The van der Waals surface area contributed by atoms with Gasteiger partial charge in [0.15, 0.2) is 0 Å². The van der Waals surface area contributed by atoms with E-state index in [9.17, 15) is 9.90 Å². The highest BCUT2D eigenvalue weighted by molar-refractivity contribution is 5.82. The van der Waals surface area contributed by atoms with Gasteiger partial charge in [0, 0.05) is 26.7 Å². The number of hydrogen-bond acceptors (Lipinski definition) is 3. The second kappa shape index (κ2) is 6.17. The Balaban J connectivity index is 2.12. The fourth-order valence-corrected chi connectivity index (χ4v) is 2.50. The molecule has 0 spiro atoms. The van der Waals surface area contributed by atoms with Crippen molar-refractivity contribution in [1.82, 2.24) is 9.80 Å². The van der Waals surface area contributed by atoms with E-state index in [1.807, 2.05) is 0 Å². The zero-order chi connectivity index (χ0) is 13.8. The number of rotatable bonds is 3. The maximum absolute atomic E-state index is 12.2. The van der Waals surface area contributed by atoms with Gasteiger partial charge in [0.25, 0.3) is 0 Å². The molecular weight excluding hydrogens is 240 g/mol. The minimum Gasteiger partial charge on any atom is -0.394 e. The van der Waals surface area contributed by atoms with Gasteiger partial charge in [0.1, 0.15) is 6.04 Å². The van der Waals surface area contributed by atoms with Crippen molar-refractivity contribution in [2.75, 3.05) is 26.7 Å². The van der Waals surface area contributed by atoms with Crippen LogP contribution in [0.4, 0.5) is 0 Å². The maximum atomic E-state index is 12.2. The van der Waals surface area contributed by atoms with Crippen LogP contribution in [-0.4, -0.2) is 53.6 Å².